The zero-order chi connectivity index (χ0) is 85.7. The number of unbranched alkanes of at least 4 members (excludes halogenated alkanes) is 2. The standard InChI is InChI=1S/C116H90N8O2/c1-3-5-79-119-113(93-59-51-85(52-60-93)83-47-55-87(56-48-83)107(81-117)109(89-63-71-103(72-64-89)121(95-31-15-7-16-32-95)96-33-17-8-18-34-96)90-65-73-104(74-66-90)122(97-35-19-9-20-36-97)98-37-21-10-22-38-98)111-112(115(119)125)114(120(116(111)126)80-6-4-2)94-61-53-86(54-62-94)84-49-57-88(58-50-84)108(82-118)110(91-67-75-105(76-68-91)123(99-39-23-11-24-40-99)100-41-25-12-26-42-100)92-69-77-106(78-70-92)124(101-43-27-13-28-44-101)102-45-29-14-30-46-102/h7-78H,3-6,79-80H2,1-2H3. The molecule has 0 radical (unpaired) electrons. The van der Waals surface area contributed by atoms with Crippen molar-refractivity contribution in [3.8, 4) is 34.4 Å². The summed E-state index contributed by atoms with van der Waals surface area (Å²) in [4.78, 5) is 43.5. The monoisotopic (exact) mass is 1630 g/mol. The van der Waals surface area contributed by atoms with E-state index in [1.807, 2.05) is 204 Å². The maximum absolute atomic E-state index is 15.5. The van der Waals surface area contributed by atoms with Gasteiger partial charge in [-0.15, -0.1) is 0 Å². The molecule has 18 rings (SSSR count). The number of hydrogen-bond donors (Lipinski definition) is 0. The van der Waals surface area contributed by atoms with Crippen LogP contribution >= 0.6 is 0 Å². The first kappa shape index (κ1) is 80.6. The maximum Gasteiger partial charge on any atom is 0.261 e. The second-order valence-electron chi connectivity index (χ2n) is 31.3. The van der Waals surface area contributed by atoms with E-state index in [0.717, 1.165) is 172 Å². The fourth-order valence-corrected chi connectivity index (χ4v) is 17.3. The van der Waals surface area contributed by atoms with Crippen molar-refractivity contribution in [2.24, 2.45) is 0 Å². The molecule has 2 aliphatic heterocycles. The van der Waals surface area contributed by atoms with Gasteiger partial charge in [-0.1, -0.05) is 318 Å². The van der Waals surface area contributed by atoms with Crippen molar-refractivity contribution in [3.05, 3.63) is 492 Å². The smallest absolute Gasteiger partial charge is 0.261 e. The lowest BCUT2D eigenvalue weighted by atomic mass is 9.89. The Morgan fingerprint density at radius 2 is 0.405 bits per heavy atom. The van der Waals surface area contributed by atoms with Crippen molar-refractivity contribution < 1.29 is 9.59 Å². The Morgan fingerprint density at radius 3 is 0.595 bits per heavy atom. The highest BCUT2D eigenvalue weighted by Gasteiger charge is 2.48. The zero-order valence-electron chi connectivity index (χ0n) is 70.2. The molecule has 126 heavy (non-hydrogen) atoms. The number of para-hydroxylation sites is 8. The Labute approximate surface area is 737 Å². The number of benzene rings is 16. The molecule has 0 atom stereocenters. The van der Waals surface area contributed by atoms with Crippen molar-refractivity contribution >= 4 is 114 Å². The van der Waals surface area contributed by atoms with Crippen molar-refractivity contribution in [2.75, 3.05) is 32.7 Å². The summed E-state index contributed by atoms with van der Waals surface area (Å²) in [7, 11) is 0. The Hall–Kier alpha value is -16.4. The SMILES string of the molecule is CCCCN1C(=O)C2=C(c3ccc(-c4ccc(C(C#N)=C(c5ccc(N(c6ccccc6)c6ccccc6)cc5)c5ccc(N(c6ccccc6)c6ccccc6)cc5)cc4)cc3)N(CCCC)C(=O)C2=C1c1ccc(-c2ccc(C(C#N)=C(c3ccc(N(c4ccccc4)c4ccccc4)cc3)c3ccc(N(c4ccccc4)c4ccccc4)cc3)cc2)cc1. The summed E-state index contributed by atoms with van der Waals surface area (Å²) >= 11 is 0. The minimum atomic E-state index is -0.180. The summed E-state index contributed by atoms with van der Waals surface area (Å²) in [6.45, 7) is 5.13. The van der Waals surface area contributed by atoms with Gasteiger partial charge in [0.15, 0.2) is 0 Å². The van der Waals surface area contributed by atoms with Crippen LogP contribution in [0.1, 0.15) is 84.0 Å². The maximum atomic E-state index is 15.5. The summed E-state index contributed by atoms with van der Waals surface area (Å²) in [6.07, 6.45) is 3.20. The van der Waals surface area contributed by atoms with E-state index in [1.165, 1.54) is 0 Å². The molecular formula is C116H90N8O2. The second-order valence-corrected chi connectivity index (χ2v) is 31.3. The quantitative estimate of drug-likeness (QED) is 0.0353. The highest BCUT2D eigenvalue weighted by Crippen LogP contribution is 2.49. The van der Waals surface area contributed by atoms with Gasteiger partial charge in [0.05, 0.1) is 33.7 Å². The molecule has 2 amide bonds. The third-order valence-corrected chi connectivity index (χ3v) is 23.5. The number of carbonyl (C=O) groups is 2. The second kappa shape index (κ2) is 37.3. The first-order chi connectivity index (χ1) is 62.2. The molecule has 10 nitrogen and oxygen atoms in total. The van der Waals surface area contributed by atoms with E-state index >= 15 is 9.59 Å². The molecule has 606 valence electrons. The Kier molecular flexibility index (Phi) is 23.9. The van der Waals surface area contributed by atoms with E-state index in [1.54, 1.807) is 0 Å². The number of hydrogen-bond acceptors (Lipinski definition) is 8. The number of allylic oxidation sites excluding steroid dienone is 2. The average Bonchev–Trinajstić information content (AvgIpc) is 1.55. The van der Waals surface area contributed by atoms with Gasteiger partial charge in [-0.25, -0.2) is 0 Å². The fraction of sp³-hybridized carbons (Fsp3) is 0.0690. The van der Waals surface area contributed by atoms with Crippen LogP contribution in [0.5, 0.6) is 0 Å². The average molecular weight is 1630 g/mol. The predicted molar refractivity (Wildman–Crippen MR) is 518 cm³/mol. The molecule has 0 N–H and O–H groups in total. The lowest BCUT2D eigenvalue weighted by Crippen LogP contribution is -2.31. The number of rotatable bonds is 28. The fourth-order valence-electron chi connectivity index (χ4n) is 17.3. The summed E-state index contributed by atoms with van der Waals surface area (Å²) < 4.78 is 0. The van der Waals surface area contributed by atoms with Crippen molar-refractivity contribution in [1.82, 2.24) is 9.80 Å². The Balaban J connectivity index is 0.660. The van der Waals surface area contributed by atoms with Crippen LogP contribution in [0.3, 0.4) is 0 Å². The summed E-state index contributed by atoms with van der Waals surface area (Å²) in [5.74, 6) is -0.360. The summed E-state index contributed by atoms with van der Waals surface area (Å²) in [6, 6.07) is 155. The van der Waals surface area contributed by atoms with Crippen LogP contribution in [0, 0.1) is 22.7 Å². The van der Waals surface area contributed by atoms with Gasteiger partial charge in [-0.05, 0) is 225 Å². The molecule has 0 spiro atoms. The van der Waals surface area contributed by atoms with E-state index in [0.29, 0.717) is 46.8 Å². The van der Waals surface area contributed by atoms with Crippen molar-refractivity contribution in [3.63, 3.8) is 0 Å². The van der Waals surface area contributed by atoms with E-state index in [9.17, 15) is 10.5 Å². The van der Waals surface area contributed by atoms with Crippen LogP contribution in [-0.2, 0) is 9.59 Å². The molecule has 0 unspecified atom stereocenters. The van der Waals surface area contributed by atoms with E-state index in [-0.39, 0.29) is 11.8 Å². The van der Waals surface area contributed by atoms with Crippen LogP contribution in [0.25, 0.3) is 55.9 Å². The first-order valence-electron chi connectivity index (χ1n) is 43.1. The number of carbonyl (C=O) groups excluding carboxylic acids is 2. The molecule has 10 heteroatoms. The topological polar surface area (TPSA) is 101 Å². The third-order valence-electron chi connectivity index (χ3n) is 23.5. The van der Waals surface area contributed by atoms with Gasteiger partial charge in [-0.2, -0.15) is 10.5 Å². The van der Waals surface area contributed by atoms with Gasteiger partial charge in [0.25, 0.3) is 11.8 Å². The highest BCUT2D eigenvalue weighted by atomic mass is 16.2. The molecule has 2 heterocycles. The van der Waals surface area contributed by atoms with E-state index in [4.69, 9.17) is 0 Å². The minimum Gasteiger partial charge on any atom is -0.311 e. The molecule has 0 aliphatic carbocycles. The van der Waals surface area contributed by atoms with Crippen LogP contribution < -0.4 is 19.6 Å². The first-order valence-corrected chi connectivity index (χ1v) is 43.1. The van der Waals surface area contributed by atoms with Crippen LogP contribution in [0.4, 0.5) is 68.2 Å². The lowest BCUT2D eigenvalue weighted by molar-refractivity contribution is -0.124. The predicted octanol–water partition coefficient (Wildman–Crippen LogP) is 29.3. The van der Waals surface area contributed by atoms with Crippen LogP contribution in [0.15, 0.2) is 448 Å². The van der Waals surface area contributed by atoms with Crippen molar-refractivity contribution in [2.45, 2.75) is 39.5 Å². The van der Waals surface area contributed by atoms with Crippen LogP contribution in [0.2, 0.25) is 0 Å². The normalized spacial score (nSPS) is 12.2. The largest absolute Gasteiger partial charge is 0.311 e. The highest BCUT2D eigenvalue weighted by molar-refractivity contribution is 6.30. The molecule has 0 saturated heterocycles. The van der Waals surface area contributed by atoms with Crippen molar-refractivity contribution in [1.29, 1.82) is 10.5 Å². The van der Waals surface area contributed by atoms with Gasteiger partial charge in [0, 0.05) is 92.5 Å². The molecular weight excluding hydrogens is 1540 g/mol. The Morgan fingerprint density at radius 1 is 0.230 bits per heavy atom. The molecule has 16 aromatic rings. The molecule has 16 aromatic carbocycles. The van der Waals surface area contributed by atoms with E-state index in [2.05, 4.69) is 288 Å². The van der Waals surface area contributed by atoms with Gasteiger partial charge >= 0.3 is 0 Å². The van der Waals surface area contributed by atoms with Gasteiger partial charge in [-0.3, -0.25) is 9.59 Å². The van der Waals surface area contributed by atoms with E-state index < -0.39 is 0 Å². The molecule has 0 aromatic heterocycles. The number of nitrogens with zero attached hydrogens (tertiary/aromatic N) is 8. The minimum absolute atomic E-state index is 0.180. The van der Waals surface area contributed by atoms with Crippen LogP contribution in [-0.4, -0.2) is 34.7 Å². The number of fused-ring (bicyclic) bond motifs is 1. The zero-order valence-corrected chi connectivity index (χ0v) is 70.2. The number of nitriles is 2. The summed E-state index contributed by atoms with van der Waals surface area (Å²) in [5.41, 5.74) is 27.2. The van der Waals surface area contributed by atoms with Gasteiger partial charge in [0.1, 0.15) is 12.1 Å². The molecule has 0 bridgehead atoms. The molecule has 0 fully saturated rings. The number of amides is 2. The van der Waals surface area contributed by atoms with Gasteiger partial charge < -0.3 is 29.4 Å². The third kappa shape index (κ3) is 16.6. The molecule has 2 aliphatic rings. The Bertz CT molecular complexity index is 5910. The van der Waals surface area contributed by atoms with Gasteiger partial charge in [0.2, 0.25) is 0 Å². The summed E-state index contributed by atoms with van der Waals surface area (Å²) in [5, 5.41) is 23.1. The molecule has 0 saturated carbocycles. The lowest BCUT2D eigenvalue weighted by Gasteiger charge is -2.26. The number of anilines is 12.